The highest BCUT2D eigenvalue weighted by atomic mass is 16.2. The Labute approximate surface area is 229 Å². The molecule has 2 aromatic carbocycles. The van der Waals surface area contributed by atoms with Crippen molar-refractivity contribution in [3.05, 3.63) is 108 Å². The van der Waals surface area contributed by atoms with Crippen molar-refractivity contribution in [2.24, 2.45) is 5.92 Å². The van der Waals surface area contributed by atoms with E-state index in [2.05, 4.69) is 22.2 Å². The number of amides is 3. The van der Waals surface area contributed by atoms with E-state index in [9.17, 15) is 14.4 Å². The summed E-state index contributed by atoms with van der Waals surface area (Å²) in [5, 5.41) is 2.86. The summed E-state index contributed by atoms with van der Waals surface area (Å²) < 4.78 is 0. The van der Waals surface area contributed by atoms with Gasteiger partial charge < -0.3 is 15.1 Å². The van der Waals surface area contributed by atoms with Gasteiger partial charge in [0.2, 0.25) is 11.8 Å². The molecule has 0 fully saturated rings. The monoisotopic (exact) mass is 525 g/mol. The molecule has 0 aliphatic carbocycles. The van der Waals surface area contributed by atoms with Gasteiger partial charge in [0.05, 0.1) is 12.7 Å². The lowest BCUT2D eigenvalue weighted by molar-refractivity contribution is -0.147. The molecule has 8 nitrogen and oxygen atoms in total. The average molecular weight is 526 g/mol. The van der Waals surface area contributed by atoms with E-state index in [4.69, 9.17) is 0 Å². The molecule has 8 heteroatoms. The number of carbonyl (C=O) groups is 3. The smallest absolute Gasteiger partial charge is 0.272 e. The van der Waals surface area contributed by atoms with Crippen molar-refractivity contribution in [1.82, 2.24) is 25.1 Å². The Hall–Kier alpha value is -4.33. The minimum atomic E-state index is -0.902. The zero-order valence-corrected chi connectivity index (χ0v) is 22.4. The summed E-state index contributed by atoms with van der Waals surface area (Å²) in [7, 11) is 0. The largest absolute Gasteiger partial charge is 0.338 e. The Morgan fingerprint density at radius 2 is 1.67 bits per heavy atom. The average Bonchev–Trinajstić information content (AvgIpc) is 2.97. The van der Waals surface area contributed by atoms with Crippen molar-refractivity contribution in [1.29, 1.82) is 0 Å². The van der Waals surface area contributed by atoms with E-state index >= 15 is 0 Å². The first-order valence-corrected chi connectivity index (χ1v) is 13.4. The molecule has 3 amide bonds. The number of hydrogen-bond acceptors (Lipinski definition) is 5. The second-order valence-corrected chi connectivity index (χ2v) is 9.87. The van der Waals surface area contributed by atoms with Gasteiger partial charge in [0.25, 0.3) is 5.91 Å². The summed E-state index contributed by atoms with van der Waals surface area (Å²) in [6, 6.07) is 17.7. The molecule has 3 aromatic rings. The molecular weight excluding hydrogens is 490 g/mol. The number of benzene rings is 2. The van der Waals surface area contributed by atoms with Gasteiger partial charge >= 0.3 is 0 Å². The number of unbranched alkanes of at least 4 members (excludes halogenated alkanes) is 1. The second-order valence-electron chi connectivity index (χ2n) is 9.87. The van der Waals surface area contributed by atoms with E-state index in [1.807, 2.05) is 67.6 Å². The molecule has 0 radical (unpaired) electrons. The predicted octanol–water partition coefficient (Wildman–Crippen LogP) is 4.35. The summed E-state index contributed by atoms with van der Waals surface area (Å²) in [6.45, 7) is 4.55. The van der Waals surface area contributed by atoms with Gasteiger partial charge in [-0.2, -0.15) is 0 Å². The van der Waals surface area contributed by atoms with Gasteiger partial charge in [0, 0.05) is 31.2 Å². The molecule has 1 aliphatic rings. The Morgan fingerprint density at radius 3 is 2.31 bits per heavy atom. The highest BCUT2D eigenvalue weighted by Gasteiger charge is 2.40. The zero-order valence-electron chi connectivity index (χ0n) is 22.4. The summed E-state index contributed by atoms with van der Waals surface area (Å²) in [5.41, 5.74) is 2.02. The van der Waals surface area contributed by atoms with Crippen LogP contribution in [0.25, 0.3) is 0 Å². The summed E-state index contributed by atoms with van der Waals surface area (Å²) in [4.78, 5) is 52.2. The summed E-state index contributed by atoms with van der Waals surface area (Å²) >= 11 is 0. The van der Waals surface area contributed by atoms with Crippen LogP contribution < -0.4 is 5.32 Å². The maximum absolute atomic E-state index is 14.1. The van der Waals surface area contributed by atoms with E-state index in [1.165, 1.54) is 23.5 Å². The van der Waals surface area contributed by atoms with Crippen molar-refractivity contribution >= 4 is 17.7 Å². The fourth-order valence-electron chi connectivity index (χ4n) is 4.81. The maximum Gasteiger partial charge on any atom is 0.272 e. The van der Waals surface area contributed by atoms with Crippen LogP contribution in [0.3, 0.4) is 0 Å². The highest BCUT2D eigenvalue weighted by Crippen LogP contribution is 2.26. The lowest BCUT2D eigenvalue weighted by Crippen LogP contribution is -2.58. The van der Waals surface area contributed by atoms with Crippen molar-refractivity contribution in [2.75, 3.05) is 0 Å². The molecule has 1 N–H and O–H groups in total. The van der Waals surface area contributed by atoms with Gasteiger partial charge in [-0.25, -0.2) is 4.98 Å². The van der Waals surface area contributed by atoms with Crippen LogP contribution in [0.4, 0.5) is 0 Å². The predicted molar refractivity (Wildman–Crippen MR) is 149 cm³/mol. The standard InChI is InChI=1S/C31H35N5O3/c1-3-4-11-23(2)28-31(39)35(22-25-14-9-6-10-15-25)18-19-36(28)30(38)26(20-24-12-7-5-8-13-24)34-29(37)27-21-32-16-17-33-27/h5-10,12-19,21,23,26,28H,3-4,11,20,22H2,1-2H3,(H,34,37)/t23-,26+,28+/m0/s1. The fraction of sp³-hybridized carbons (Fsp3) is 0.323. The van der Waals surface area contributed by atoms with Gasteiger partial charge in [0.1, 0.15) is 17.8 Å². The minimum absolute atomic E-state index is 0.0716. The van der Waals surface area contributed by atoms with E-state index in [0.717, 1.165) is 30.4 Å². The van der Waals surface area contributed by atoms with Gasteiger partial charge in [-0.3, -0.25) is 19.4 Å². The zero-order chi connectivity index (χ0) is 27.6. The van der Waals surface area contributed by atoms with Crippen LogP contribution in [0, 0.1) is 5.92 Å². The van der Waals surface area contributed by atoms with Crippen LogP contribution in [0.1, 0.15) is 54.7 Å². The molecule has 0 saturated heterocycles. The van der Waals surface area contributed by atoms with Crippen LogP contribution in [0.15, 0.2) is 91.7 Å². The van der Waals surface area contributed by atoms with Crippen LogP contribution in [-0.4, -0.2) is 49.6 Å². The molecule has 2 heterocycles. The number of nitrogens with zero attached hydrogens (tertiary/aromatic N) is 4. The SMILES string of the molecule is CCCC[C@H](C)[C@@H]1C(=O)N(Cc2ccccc2)C=CN1C(=O)[C@@H](Cc1ccccc1)NC(=O)c1cnccn1. The molecule has 202 valence electrons. The lowest BCUT2D eigenvalue weighted by Gasteiger charge is -2.40. The van der Waals surface area contributed by atoms with E-state index in [-0.39, 0.29) is 29.8 Å². The Morgan fingerprint density at radius 1 is 0.974 bits per heavy atom. The van der Waals surface area contributed by atoms with E-state index in [1.54, 1.807) is 17.3 Å². The second kappa shape index (κ2) is 13.5. The molecule has 3 atom stereocenters. The quantitative estimate of drug-likeness (QED) is 0.402. The topological polar surface area (TPSA) is 95.5 Å². The third kappa shape index (κ3) is 7.16. The van der Waals surface area contributed by atoms with Crippen LogP contribution in [0.2, 0.25) is 0 Å². The lowest BCUT2D eigenvalue weighted by atomic mass is 9.91. The molecule has 0 unspecified atom stereocenters. The number of hydrogen-bond donors (Lipinski definition) is 1. The van der Waals surface area contributed by atoms with E-state index < -0.39 is 18.0 Å². The molecule has 1 aromatic heterocycles. The first kappa shape index (κ1) is 27.7. The third-order valence-corrected chi connectivity index (χ3v) is 6.93. The minimum Gasteiger partial charge on any atom is -0.338 e. The fourth-order valence-corrected chi connectivity index (χ4v) is 4.81. The van der Waals surface area contributed by atoms with Gasteiger partial charge in [-0.1, -0.05) is 87.4 Å². The number of rotatable bonds is 11. The van der Waals surface area contributed by atoms with Crippen molar-refractivity contribution in [3.8, 4) is 0 Å². The van der Waals surface area contributed by atoms with Crippen molar-refractivity contribution < 1.29 is 14.4 Å². The first-order valence-electron chi connectivity index (χ1n) is 13.4. The number of aromatic nitrogens is 2. The molecule has 0 saturated carbocycles. The van der Waals surface area contributed by atoms with Crippen molar-refractivity contribution in [3.63, 3.8) is 0 Å². The summed E-state index contributed by atoms with van der Waals surface area (Å²) in [6.07, 6.45) is 10.7. The Kier molecular flexibility index (Phi) is 9.56. The Bertz CT molecular complexity index is 1270. The van der Waals surface area contributed by atoms with E-state index in [0.29, 0.717) is 6.54 Å². The molecular formula is C31H35N5O3. The molecule has 0 bridgehead atoms. The van der Waals surface area contributed by atoms with Gasteiger partial charge in [-0.15, -0.1) is 0 Å². The van der Waals surface area contributed by atoms with Crippen molar-refractivity contribution in [2.45, 2.75) is 58.2 Å². The molecule has 39 heavy (non-hydrogen) atoms. The molecule has 1 aliphatic heterocycles. The van der Waals surface area contributed by atoms with Gasteiger partial charge in [0.15, 0.2) is 0 Å². The van der Waals surface area contributed by atoms with Gasteiger partial charge in [-0.05, 0) is 23.5 Å². The van der Waals surface area contributed by atoms with Crippen LogP contribution in [-0.2, 0) is 22.6 Å². The van der Waals surface area contributed by atoms with Crippen LogP contribution >= 0.6 is 0 Å². The van der Waals surface area contributed by atoms with Crippen LogP contribution in [0.5, 0.6) is 0 Å². The molecule has 0 spiro atoms. The number of nitrogens with one attached hydrogen (secondary N) is 1. The normalized spacial score (nSPS) is 16.6. The Balaban J connectivity index is 1.64. The first-order chi connectivity index (χ1) is 19.0. The number of carbonyl (C=O) groups excluding carboxylic acids is 3. The molecule has 4 rings (SSSR count). The third-order valence-electron chi connectivity index (χ3n) is 6.93. The maximum atomic E-state index is 14.1. The summed E-state index contributed by atoms with van der Waals surface area (Å²) in [5.74, 6) is -1.03. The highest BCUT2D eigenvalue weighted by molar-refractivity contribution is 5.98.